The zero-order chi connectivity index (χ0) is 47.3. The number of methoxy groups -OCH3 is 1. The number of hydrogen-bond donors (Lipinski definition) is 1. The van der Waals surface area contributed by atoms with Gasteiger partial charge < -0.3 is 19.7 Å². The molecule has 2 aromatic heterocycles. The summed E-state index contributed by atoms with van der Waals surface area (Å²) in [6, 6.07) is 41.7. The van der Waals surface area contributed by atoms with Crippen molar-refractivity contribution >= 4 is 34.6 Å². The molecule has 2 fully saturated rings. The third-order valence-corrected chi connectivity index (χ3v) is 13.0. The fourth-order valence-corrected chi connectivity index (χ4v) is 8.81. The second-order valence-corrected chi connectivity index (χ2v) is 17.9. The van der Waals surface area contributed by atoms with Gasteiger partial charge in [-0.3, -0.25) is 19.6 Å². The number of benzene rings is 5. The molecule has 0 unspecified atom stereocenters. The molecule has 1 saturated heterocycles. The summed E-state index contributed by atoms with van der Waals surface area (Å²) in [5.41, 5.74) is 10.9. The average molecular weight is 909 g/mol. The first-order valence-corrected chi connectivity index (χ1v) is 23.4. The highest BCUT2D eigenvalue weighted by atomic mass is 19.1. The van der Waals surface area contributed by atoms with Crippen molar-refractivity contribution in [3.05, 3.63) is 174 Å². The molecule has 11 heteroatoms. The van der Waals surface area contributed by atoms with Gasteiger partial charge in [-0.1, -0.05) is 42.5 Å². The number of hydrogen-bond acceptors (Lipinski definition) is 8. The molecule has 2 amide bonds. The predicted molar refractivity (Wildman–Crippen MR) is 270 cm³/mol. The summed E-state index contributed by atoms with van der Waals surface area (Å²) < 4.78 is 27.5. The van der Waals surface area contributed by atoms with Crippen molar-refractivity contribution in [2.24, 2.45) is 5.92 Å². The van der Waals surface area contributed by atoms with Crippen LogP contribution in [0.4, 0.5) is 27.1 Å². The average Bonchev–Trinajstić information content (AvgIpc) is 4.21. The number of anilines is 4. The highest BCUT2D eigenvalue weighted by Gasteiger charge is 2.36. The Labute approximate surface area is 398 Å². The number of ether oxygens (including phenoxy) is 2. The summed E-state index contributed by atoms with van der Waals surface area (Å²) in [6.45, 7) is 11.3. The summed E-state index contributed by atoms with van der Waals surface area (Å²) in [6.07, 6.45) is 6.00. The van der Waals surface area contributed by atoms with Crippen molar-refractivity contribution in [3.8, 4) is 39.1 Å². The molecule has 346 valence electrons. The smallest absolute Gasteiger partial charge is 0.253 e. The van der Waals surface area contributed by atoms with Crippen LogP contribution in [0.15, 0.2) is 146 Å². The number of carbonyl (C=O) groups is 2. The van der Waals surface area contributed by atoms with Crippen LogP contribution < -0.4 is 25.0 Å². The maximum Gasteiger partial charge on any atom is 0.253 e. The molecule has 3 heterocycles. The Morgan fingerprint density at radius 1 is 0.676 bits per heavy atom. The number of pyridine rings is 2. The maximum atomic E-state index is 15.9. The lowest BCUT2D eigenvalue weighted by Crippen LogP contribution is -2.53. The quantitative estimate of drug-likeness (QED) is 0.108. The van der Waals surface area contributed by atoms with E-state index in [1.165, 1.54) is 35.0 Å². The van der Waals surface area contributed by atoms with E-state index < -0.39 is 23.6 Å². The Morgan fingerprint density at radius 3 is 1.91 bits per heavy atom. The van der Waals surface area contributed by atoms with Crippen molar-refractivity contribution in [1.29, 1.82) is 0 Å². The maximum absolute atomic E-state index is 15.9. The van der Waals surface area contributed by atoms with Gasteiger partial charge in [0, 0.05) is 66.4 Å². The second kappa shape index (κ2) is 20.2. The zero-order valence-corrected chi connectivity index (χ0v) is 39.3. The van der Waals surface area contributed by atoms with Crippen LogP contribution in [-0.2, 0) is 14.3 Å². The van der Waals surface area contributed by atoms with Crippen molar-refractivity contribution in [1.82, 2.24) is 9.97 Å². The molecule has 10 nitrogen and oxygen atoms in total. The number of carbonyl (C=O) groups excluding carboxylic acids is 2. The number of rotatable bonds is 14. The van der Waals surface area contributed by atoms with E-state index in [4.69, 9.17) is 9.47 Å². The standard InChI is InChI=1S/C57H57FN6O4/c1-37-30-45(22-24-59-37)43-12-18-52(19-13-43)63(56(65)39(3)42-8-14-50(15-9-42)61-36-41-6-7-41)64(53-20-21-54(55(35-53)67-5)46-23-25-60-38(2)31-46)57(66)40(4)47-32-48(34-49(58)33-47)44-10-16-51(17-11-44)62-26-28-68-29-27-62/h8-25,30-35,39-41,61H,6-7,26-29,36H2,1-5H3/t39-,40-/m0/s1. The lowest BCUT2D eigenvalue weighted by Gasteiger charge is -2.38. The van der Waals surface area contributed by atoms with Gasteiger partial charge >= 0.3 is 0 Å². The van der Waals surface area contributed by atoms with Gasteiger partial charge in [0.1, 0.15) is 11.6 Å². The zero-order valence-electron chi connectivity index (χ0n) is 39.3. The van der Waals surface area contributed by atoms with Gasteiger partial charge in [0.25, 0.3) is 11.8 Å². The molecule has 68 heavy (non-hydrogen) atoms. The van der Waals surface area contributed by atoms with Gasteiger partial charge in [-0.05, 0) is 170 Å². The highest BCUT2D eigenvalue weighted by molar-refractivity contribution is 6.10. The van der Waals surface area contributed by atoms with Crippen molar-refractivity contribution in [3.63, 3.8) is 0 Å². The van der Waals surface area contributed by atoms with Crippen molar-refractivity contribution in [2.75, 3.05) is 60.2 Å². The lowest BCUT2D eigenvalue weighted by molar-refractivity contribution is -0.124. The molecule has 0 bridgehead atoms. The van der Waals surface area contributed by atoms with Crippen LogP contribution in [0.3, 0.4) is 0 Å². The van der Waals surface area contributed by atoms with Crippen LogP contribution >= 0.6 is 0 Å². The third-order valence-electron chi connectivity index (χ3n) is 13.0. The van der Waals surface area contributed by atoms with Gasteiger partial charge in [0.05, 0.1) is 43.5 Å². The molecule has 0 spiro atoms. The second-order valence-electron chi connectivity index (χ2n) is 17.9. The molecule has 7 aromatic rings. The number of nitrogens with one attached hydrogen (secondary N) is 1. The van der Waals surface area contributed by atoms with Gasteiger partial charge in [-0.25, -0.2) is 14.4 Å². The first-order valence-electron chi connectivity index (χ1n) is 23.4. The topological polar surface area (TPSA) is 100 Å². The predicted octanol–water partition coefficient (Wildman–Crippen LogP) is 11.8. The van der Waals surface area contributed by atoms with Crippen molar-refractivity contribution < 1.29 is 23.5 Å². The Morgan fingerprint density at radius 2 is 1.26 bits per heavy atom. The molecule has 0 radical (unpaired) electrons. The molecule has 2 aliphatic rings. The molecular weight excluding hydrogens is 852 g/mol. The lowest BCUT2D eigenvalue weighted by atomic mass is 9.94. The minimum atomic E-state index is -0.924. The van der Waals surface area contributed by atoms with E-state index in [0.29, 0.717) is 47.4 Å². The molecule has 1 aliphatic carbocycles. The molecular formula is C57H57FN6O4. The Kier molecular flexibility index (Phi) is 13.6. The number of morpholine rings is 1. The first-order chi connectivity index (χ1) is 33.0. The molecule has 1 aliphatic heterocycles. The van der Waals surface area contributed by atoms with E-state index in [0.717, 1.165) is 75.8 Å². The van der Waals surface area contributed by atoms with Crippen LogP contribution in [0.1, 0.15) is 61.0 Å². The van der Waals surface area contributed by atoms with E-state index in [2.05, 4.69) is 20.2 Å². The van der Waals surface area contributed by atoms with E-state index in [-0.39, 0.29) is 5.91 Å². The summed E-state index contributed by atoms with van der Waals surface area (Å²) in [5.74, 6) is -1.69. The van der Waals surface area contributed by atoms with Gasteiger partial charge in [0.15, 0.2) is 0 Å². The molecule has 5 aromatic carbocycles. The molecule has 2 atom stereocenters. The number of hydrazine groups is 1. The highest BCUT2D eigenvalue weighted by Crippen LogP contribution is 2.39. The minimum absolute atomic E-state index is 0.343. The van der Waals surface area contributed by atoms with E-state index in [9.17, 15) is 0 Å². The minimum Gasteiger partial charge on any atom is -0.496 e. The Hall–Kier alpha value is -7.37. The fourth-order valence-electron chi connectivity index (χ4n) is 8.81. The molecule has 9 rings (SSSR count). The normalized spacial score (nSPS) is 14.5. The van der Waals surface area contributed by atoms with Gasteiger partial charge in [-0.15, -0.1) is 0 Å². The summed E-state index contributed by atoms with van der Waals surface area (Å²) >= 11 is 0. The van der Waals surface area contributed by atoms with Gasteiger partial charge in [0.2, 0.25) is 0 Å². The number of aromatic nitrogens is 2. The number of nitrogens with zero attached hydrogens (tertiary/aromatic N) is 5. The Bertz CT molecular complexity index is 2900. The number of aryl methyl sites for hydroxylation is 2. The van der Waals surface area contributed by atoms with Crippen LogP contribution in [0.5, 0.6) is 5.75 Å². The molecule has 1 N–H and O–H groups in total. The van der Waals surface area contributed by atoms with Crippen LogP contribution in [-0.4, -0.2) is 61.7 Å². The molecule has 1 saturated carbocycles. The monoisotopic (exact) mass is 908 g/mol. The number of amides is 2. The van der Waals surface area contributed by atoms with Crippen LogP contribution in [0.2, 0.25) is 0 Å². The van der Waals surface area contributed by atoms with E-state index in [1.54, 1.807) is 32.5 Å². The largest absolute Gasteiger partial charge is 0.496 e. The number of halogens is 1. The Balaban J connectivity index is 1.14. The van der Waals surface area contributed by atoms with E-state index >= 15 is 14.0 Å². The fraction of sp³-hybridized carbons (Fsp3) is 0.263. The first kappa shape index (κ1) is 45.8. The summed E-state index contributed by atoms with van der Waals surface area (Å²) in [5, 5.41) is 6.43. The van der Waals surface area contributed by atoms with Crippen molar-refractivity contribution in [2.45, 2.75) is 52.4 Å². The van der Waals surface area contributed by atoms with Gasteiger partial charge in [-0.2, -0.15) is 0 Å². The van der Waals surface area contributed by atoms with Crippen LogP contribution in [0, 0.1) is 25.6 Å². The van der Waals surface area contributed by atoms with Crippen LogP contribution in [0.25, 0.3) is 33.4 Å². The SMILES string of the molecule is COc1cc(N(C(=O)[C@@H](C)c2cc(F)cc(-c3ccc(N4CCOCC4)cc3)c2)N(C(=O)[C@@H](C)c2ccc(NCC3CC3)cc2)c2ccc(-c3ccnc(C)c3)cc2)ccc1-c1ccnc(C)c1. The third kappa shape index (κ3) is 10.3. The van der Waals surface area contributed by atoms with E-state index in [1.807, 2.05) is 136 Å². The summed E-state index contributed by atoms with van der Waals surface area (Å²) in [7, 11) is 1.58. The summed E-state index contributed by atoms with van der Waals surface area (Å²) in [4.78, 5) is 42.3.